The SMILES string of the molecule is COCCn1cnnc1C(C)NC(=O)c1sc(C)nc1C. The summed E-state index contributed by atoms with van der Waals surface area (Å²) in [6.07, 6.45) is 1.64. The van der Waals surface area contributed by atoms with Gasteiger partial charge in [0.15, 0.2) is 5.82 Å². The van der Waals surface area contributed by atoms with Crippen LogP contribution >= 0.6 is 11.3 Å². The van der Waals surface area contributed by atoms with Crippen LogP contribution in [0.5, 0.6) is 0 Å². The lowest BCUT2D eigenvalue weighted by atomic mass is 10.3. The van der Waals surface area contributed by atoms with Crippen molar-refractivity contribution in [2.24, 2.45) is 0 Å². The Morgan fingerprint density at radius 3 is 2.90 bits per heavy atom. The molecule has 0 fully saturated rings. The molecule has 0 saturated carbocycles. The molecule has 2 aromatic heterocycles. The number of thiazole rings is 1. The Labute approximate surface area is 127 Å². The van der Waals surface area contributed by atoms with Crippen LogP contribution in [0.15, 0.2) is 6.33 Å². The van der Waals surface area contributed by atoms with Crippen LogP contribution < -0.4 is 5.32 Å². The van der Waals surface area contributed by atoms with Crippen molar-refractivity contribution in [3.63, 3.8) is 0 Å². The fourth-order valence-electron chi connectivity index (χ4n) is 2.03. The summed E-state index contributed by atoms with van der Waals surface area (Å²) >= 11 is 1.39. The van der Waals surface area contributed by atoms with Gasteiger partial charge in [-0.25, -0.2) is 4.98 Å². The molecule has 7 nitrogen and oxygen atoms in total. The van der Waals surface area contributed by atoms with Gasteiger partial charge in [-0.05, 0) is 20.8 Å². The molecule has 21 heavy (non-hydrogen) atoms. The Morgan fingerprint density at radius 2 is 2.29 bits per heavy atom. The van der Waals surface area contributed by atoms with E-state index < -0.39 is 0 Å². The third kappa shape index (κ3) is 3.64. The van der Waals surface area contributed by atoms with Gasteiger partial charge >= 0.3 is 0 Å². The van der Waals surface area contributed by atoms with Gasteiger partial charge in [-0.3, -0.25) is 4.79 Å². The van der Waals surface area contributed by atoms with Crippen molar-refractivity contribution in [2.75, 3.05) is 13.7 Å². The summed E-state index contributed by atoms with van der Waals surface area (Å²) in [5.74, 6) is 0.575. The van der Waals surface area contributed by atoms with Gasteiger partial charge in [0.1, 0.15) is 11.2 Å². The molecule has 1 unspecified atom stereocenters. The van der Waals surface area contributed by atoms with Gasteiger partial charge < -0.3 is 14.6 Å². The lowest BCUT2D eigenvalue weighted by Crippen LogP contribution is -2.29. The average molecular weight is 309 g/mol. The van der Waals surface area contributed by atoms with Crippen LogP contribution in [0.3, 0.4) is 0 Å². The maximum absolute atomic E-state index is 12.3. The Morgan fingerprint density at radius 1 is 1.52 bits per heavy atom. The van der Waals surface area contributed by atoms with E-state index in [0.29, 0.717) is 23.9 Å². The number of aryl methyl sites for hydroxylation is 2. The number of amides is 1. The van der Waals surface area contributed by atoms with Crippen molar-refractivity contribution in [1.29, 1.82) is 0 Å². The Hall–Kier alpha value is -1.80. The predicted octanol–water partition coefficient (Wildman–Crippen LogP) is 1.49. The van der Waals surface area contributed by atoms with Gasteiger partial charge in [0.25, 0.3) is 5.91 Å². The number of carbonyl (C=O) groups excluding carboxylic acids is 1. The molecule has 8 heteroatoms. The smallest absolute Gasteiger partial charge is 0.263 e. The molecule has 114 valence electrons. The summed E-state index contributed by atoms with van der Waals surface area (Å²) in [6.45, 7) is 6.83. The van der Waals surface area contributed by atoms with E-state index >= 15 is 0 Å². The van der Waals surface area contributed by atoms with Crippen LogP contribution in [-0.4, -0.2) is 39.4 Å². The Bertz CT molecular complexity index is 622. The first-order valence-electron chi connectivity index (χ1n) is 6.64. The van der Waals surface area contributed by atoms with Crippen LogP contribution in [-0.2, 0) is 11.3 Å². The number of aromatic nitrogens is 4. The molecule has 1 atom stereocenters. The van der Waals surface area contributed by atoms with E-state index in [1.165, 1.54) is 11.3 Å². The molecule has 2 aromatic rings. The normalized spacial score (nSPS) is 12.4. The standard InChI is InChI=1S/C13H19N5O2S/c1-8-11(21-10(3)15-8)13(19)16-9(2)12-17-14-7-18(12)5-6-20-4/h7,9H,5-6H2,1-4H3,(H,16,19). The Kier molecular flexibility index (Phi) is 5.03. The monoisotopic (exact) mass is 309 g/mol. The number of hydrogen-bond donors (Lipinski definition) is 1. The van der Waals surface area contributed by atoms with E-state index in [-0.39, 0.29) is 11.9 Å². The first-order valence-corrected chi connectivity index (χ1v) is 7.46. The molecular weight excluding hydrogens is 290 g/mol. The average Bonchev–Trinajstić information content (AvgIpc) is 3.02. The van der Waals surface area contributed by atoms with Gasteiger partial charge in [0.05, 0.1) is 23.4 Å². The van der Waals surface area contributed by atoms with E-state index in [4.69, 9.17) is 4.74 Å². The zero-order valence-electron chi connectivity index (χ0n) is 12.6. The maximum atomic E-state index is 12.3. The highest BCUT2D eigenvalue weighted by atomic mass is 32.1. The third-order valence-electron chi connectivity index (χ3n) is 3.03. The van der Waals surface area contributed by atoms with Gasteiger partial charge in [-0.2, -0.15) is 0 Å². The third-order valence-corrected chi connectivity index (χ3v) is 4.10. The van der Waals surface area contributed by atoms with E-state index in [1.807, 2.05) is 25.3 Å². The minimum atomic E-state index is -0.237. The number of rotatable bonds is 6. The first-order chi connectivity index (χ1) is 10.0. The highest BCUT2D eigenvalue weighted by Crippen LogP contribution is 2.18. The van der Waals surface area contributed by atoms with E-state index in [9.17, 15) is 4.79 Å². The molecule has 0 aliphatic rings. The topological polar surface area (TPSA) is 81.9 Å². The largest absolute Gasteiger partial charge is 0.383 e. The minimum absolute atomic E-state index is 0.133. The highest BCUT2D eigenvalue weighted by molar-refractivity contribution is 7.13. The molecule has 1 amide bonds. The fraction of sp³-hybridized carbons (Fsp3) is 0.538. The lowest BCUT2D eigenvalue weighted by Gasteiger charge is -2.14. The fourth-order valence-corrected chi connectivity index (χ4v) is 2.85. The zero-order valence-corrected chi connectivity index (χ0v) is 13.4. The number of ether oxygens (including phenoxy) is 1. The van der Waals surface area contributed by atoms with Crippen LogP contribution in [0, 0.1) is 13.8 Å². The van der Waals surface area contributed by atoms with Crippen LogP contribution in [0.1, 0.15) is 39.2 Å². The molecule has 0 aliphatic heterocycles. The number of methoxy groups -OCH3 is 1. The van der Waals surface area contributed by atoms with Crippen LogP contribution in [0.2, 0.25) is 0 Å². The van der Waals surface area contributed by atoms with Crippen molar-refractivity contribution in [1.82, 2.24) is 25.1 Å². The lowest BCUT2D eigenvalue weighted by molar-refractivity contribution is 0.0940. The van der Waals surface area contributed by atoms with Gasteiger partial charge in [-0.1, -0.05) is 0 Å². The molecule has 0 spiro atoms. The predicted molar refractivity (Wildman–Crippen MR) is 79.4 cm³/mol. The van der Waals surface area contributed by atoms with Crippen molar-refractivity contribution in [3.05, 3.63) is 27.7 Å². The summed E-state index contributed by atoms with van der Waals surface area (Å²) in [6, 6.07) is -0.237. The second-order valence-corrected chi connectivity index (χ2v) is 5.92. The zero-order chi connectivity index (χ0) is 15.4. The minimum Gasteiger partial charge on any atom is -0.383 e. The number of nitrogens with one attached hydrogen (secondary N) is 1. The molecule has 2 rings (SSSR count). The molecular formula is C13H19N5O2S. The molecule has 0 aromatic carbocycles. The summed E-state index contributed by atoms with van der Waals surface area (Å²) in [5, 5.41) is 11.8. The van der Waals surface area contributed by atoms with E-state index in [0.717, 1.165) is 10.7 Å². The maximum Gasteiger partial charge on any atom is 0.263 e. The molecule has 0 aliphatic carbocycles. The summed E-state index contributed by atoms with van der Waals surface area (Å²) in [7, 11) is 1.64. The quantitative estimate of drug-likeness (QED) is 0.874. The molecule has 1 N–H and O–H groups in total. The summed E-state index contributed by atoms with van der Waals surface area (Å²) in [5.41, 5.74) is 0.753. The van der Waals surface area contributed by atoms with Crippen molar-refractivity contribution in [3.8, 4) is 0 Å². The summed E-state index contributed by atoms with van der Waals surface area (Å²) in [4.78, 5) is 17.2. The molecule has 0 radical (unpaired) electrons. The first kappa shape index (κ1) is 15.6. The molecule has 0 saturated heterocycles. The van der Waals surface area contributed by atoms with Gasteiger partial charge in [0, 0.05) is 13.7 Å². The van der Waals surface area contributed by atoms with Crippen molar-refractivity contribution >= 4 is 17.2 Å². The van der Waals surface area contributed by atoms with Crippen LogP contribution in [0.25, 0.3) is 0 Å². The second-order valence-electron chi connectivity index (χ2n) is 4.72. The molecule has 0 bridgehead atoms. The van der Waals surface area contributed by atoms with Gasteiger partial charge in [-0.15, -0.1) is 21.5 Å². The van der Waals surface area contributed by atoms with Crippen molar-refractivity contribution in [2.45, 2.75) is 33.4 Å². The van der Waals surface area contributed by atoms with Crippen LogP contribution in [0.4, 0.5) is 0 Å². The van der Waals surface area contributed by atoms with E-state index in [2.05, 4.69) is 20.5 Å². The van der Waals surface area contributed by atoms with Crippen molar-refractivity contribution < 1.29 is 9.53 Å². The Balaban J connectivity index is 2.07. The molecule has 2 heterocycles. The second kappa shape index (κ2) is 6.77. The summed E-state index contributed by atoms with van der Waals surface area (Å²) < 4.78 is 6.92. The number of hydrogen-bond acceptors (Lipinski definition) is 6. The highest BCUT2D eigenvalue weighted by Gasteiger charge is 2.19. The number of carbonyl (C=O) groups is 1. The van der Waals surface area contributed by atoms with E-state index in [1.54, 1.807) is 13.4 Å². The number of nitrogens with zero attached hydrogens (tertiary/aromatic N) is 4. The van der Waals surface area contributed by atoms with Gasteiger partial charge in [0.2, 0.25) is 0 Å².